The van der Waals surface area contributed by atoms with E-state index < -0.39 is 18.7 Å². The van der Waals surface area contributed by atoms with Gasteiger partial charge in [-0.25, -0.2) is 0 Å². The summed E-state index contributed by atoms with van der Waals surface area (Å²) in [6.07, 6.45) is -6.34. The van der Waals surface area contributed by atoms with Gasteiger partial charge in [0.15, 0.2) is 0 Å². The molecule has 0 amide bonds. The van der Waals surface area contributed by atoms with E-state index in [0.717, 1.165) is 0 Å². The van der Waals surface area contributed by atoms with Gasteiger partial charge >= 0.3 is 6.18 Å². The fourth-order valence-electron chi connectivity index (χ4n) is 2.41. The number of nitrogens with zero attached hydrogens (tertiary/aromatic N) is 1. The van der Waals surface area contributed by atoms with Gasteiger partial charge in [0, 0.05) is 19.6 Å². The number of hydrogen-bond donors (Lipinski definition) is 1. The van der Waals surface area contributed by atoms with E-state index in [1.54, 1.807) is 29.2 Å². The summed E-state index contributed by atoms with van der Waals surface area (Å²) < 4.78 is 42.3. The number of ether oxygens (including phenoxy) is 1. The number of hydrogen-bond acceptors (Lipinski definition) is 3. The molecule has 0 spiro atoms. The molecule has 0 unspecified atom stereocenters. The maximum absolute atomic E-state index is 12.2. The number of rotatable bonds is 5. The first-order valence-corrected chi connectivity index (χ1v) is 7.09. The summed E-state index contributed by atoms with van der Waals surface area (Å²) in [5.74, 6) is 0.571. The summed E-state index contributed by atoms with van der Waals surface area (Å²) >= 11 is 5.99. The number of halogens is 4. The molecule has 0 bridgehead atoms. The molecule has 1 aliphatic rings. The Hall–Kier alpha value is -0.980. The van der Waals surface area contributed by atoms with Crippen molar-refractivity contribution in [1.29, 1.82) is 0 Å². The first-order valence-electron chi connectivity index (χ1n) is 6.72. The summed E-state index contributed by atoms with van der Waals surface area (Å²) in [7, 11) is 0. The van der Waals surface area contributed by atoms with Crippen molar-refractivity contribution in [2.75, 3.05) is 19.6 Å². The lowest BCUT2D eigenvalue weighted by Gasteiger charge is -2.21. The minimum Gasteiger partial charge on any atom is -0.487 e. The number of aliphatic hydroxyl groups is 1. The number of likely N-dealkylation sites (tertiary alicyclic amines) is 1. The molecule has 0 aromatic heterocycles. The van der Waals surface area contributed by atoms with E-state index in [1.807, 2.05) is 0 Å². The molecule has 1 aromatic rings. The summed E-state index contributed by atoms with van der Waals surface area (Å²) in [5, 5.41) is 9.95. The van der Waals surface area contributed by atoms with Crippen molar-refractivity contribution in [3.05, 3.63) is 29.3 Å². The van der Waals surface area contributed by atoms with Crippen LogP contribution in [0.1, 0.15) is 12.8 Å². The molecule has 7 heteroatoms. The van der Waals surface area contributed by atoms with Gasteiger partial charge in [0.05, 0.1) is 17.5 Å². The fourth-order valence-corrected chi connectivity index (χ4v) is 2.59. The van der Waals surface area contributed by atoms with Crippen LogP contribution in [-0.4, -0.2) is 48.0 Å². The third kappa shape index (κ3) is 5.37. The second-order valence-corrected chi connectivity index (χ2v) is 5.60. The second kappa shape index (κ2) is 6.85. The number of aliphatic hydroxyl groups excluding tert-OH is 1. The molecule has 1 saturated heterocycles. The quantitative estimate of drug-likeness (QED) is 0.904. The van der Waals surface area contributed by atoms with Gasteiger partial charge in [0.25, 0.3) is 0 Å². The van der Waals surface area contributed by atoms with Crippen LogP contribution >= 0.6 is 11.6 Å². The van der Waals surface area contributed by atoms with Crippen molar-refractivity contribution in [2.24, 2.45) is 0 Å². The highest BCUT2D eigenvalue weighted by Gasteiger charge is 2.33. The molecular weight excluding hydrogens is 307 g/mol. The topological polar surface area (TPSA) is 32.7 Å². The van der Waals surface area contributed by atoms with Gasteiger partial charge < -0.3 is 9.84 Å². The average Bonchev–Trinajstić information content (AvgIpc) is 2.77. The lowest BCUT2D eigenvalue weighted by molar-refractivity contribution is -0.155. The zero-order chi connectivity index (χ0) is 15.5. The number of alkyl halides is 3. The first-order chi connectivity index (χ1) is 9.83. The van der Waals surface area contributed by atoms with E-state index >= 15 is 0 Å². The highest BCUT2D eigenvalue weighted by molar-refractivity contribution is 6.32. The smallest absolute Gasteiger partial charge is 0.391 e. The molecule has 118 valence electrons. The standard InChI is InChI=1S/C14H17ClF3NO2/c15-12-3-1-2-4-13(12)21-11-5-6-19(9-11)8-10(20)7-14(16,17)18/h1-4,10-11,20H,5-9H2/t10-,11-/m0/s1. The first kappa shape index (κ1) is 16.4. The van der Waals surface area contributed by atoms with Crippen molar-refractivity contribution in [3.8, 4) is 5.75 Å². The zero-order valence-electron chi connectivity index (χ0n) is 11.3. The lowest BCUT2D eigenvalue weighted by Crippen LogP contribution is -2.34. The van der Waals surface area contributed by atoms with Crippen LogP contribution in [0.25, 0.3) is 0 Å². The molecule has 1 N–H and O–H groups in total. The number of benzene rings is 1. The molecule has 2 rings (SSSR count). The molecule has 1 fully saturated rings. The van der Waals surface area contributed by atoms with Gasteiger partial charge in [-0.2, -0.15) is 13.2 Å². The van der Waals surface area contributed by atoms with Crippen LogP contribution in [0.3, 0.4) is 0 Å². The Balaban J connectivity index is 1.80. The van der Waals surface area contributed by atoms with E-state index in [-0.39, 0.29) is 12.6 Å². The molecule has 1 aliphatic heterocycles. The molecular formula is C14H17ClF3NO2. The van der Waals surface area contributed by atoms with Gasteiger partial charge in [-0.3, -0.25) is 4.90 Å². The maximum Gasteiger partial charge on any atom is 0.391 e. The van der Waals surface area contributed by atoms with Crippen molar-refractivity contribution in [3.63, 3.8) is 0 Å². The highest BCUT2D eigenvalue weighted by Crippen LogP contribution is 2.27. The predicted molar refractivity (Wildman–Crippen MR) is 73.6 cm³/mol. The van der Waals surface area contributed by atoms with Gasteiger partial charge in [-0.05, 0) is 18.6 Å². The van der Waals surface area contributed by atoms with Crippen LogP contribution in [0.5, 0.6) is 5.75 Å². The van der Waals surface area contributed by atoms with Crippen LogP contribution < -0.4 is 4.74 Å². The molecule has 21 heavy (non-hydrogen) atoms. The number of β-amino-alcohol motifs (C(OH)–C–C–N with tert-alkyl or cyclic N) is 1. The third-order valence-electron chi connectivity index (χ3n) is 3.30. The molecule has 0 aliphatic carbocycles. The summed E-state index contributed by atoms with van der Waals surface area (Å²) in [6.45, 7) is 1.09. The van der Waals surface area contributed by atoms with Crippen molar-refractivity contribution < 1.29 is 23.0 Å². The van der Waals surface area contributed by atoms with Crippen molar-refractivity contribution in [1.82, 2.24) is 4.90 Å². The summed E-state index contributed by atoms with van der Waals surface area (Å²) in [6, 6.07) is 7.07. The van der Waals surface area contributed by atoms with E-state index in [0.29, 0.717) is 30.3 Å². The van der Waals surface area contributed by atoms with Gasteiger partial charge in [-0.15, -0.1) is 0 Å². The largest absolute Gasteiger partial charge is 0.487 e. The fraction of sp³-hybridized carbons (Fsp3) is 0.571. The van der Waals surface area contributed by atoms with Crippen LogP contribution in [0, 0.1) is 0 Å². The van der Waals surface area contributed by atoms with Gasteiger partial charge in [0.1, 0.15) is 11.9 Å². The van der Waals surface area contributed by atoms with Crippen LogP contribution in [-0.2, 0) is 0 Å². The van der Waals surface area contributed by atoms with Crippen molar-refractivity contribution in [2.45, 2.75) is 31.2 Å². The number of para-hydroxylation sites is 1. The Bertz CT molecular complexity index is 470. The summed E-state index contributed by atoms with van der Waals surface area (Å²) in [5.41, 5.74) is 0. The molecule has 0 saturated carbocycles. The second-order valence-electron chi connectivity index (χ2n) is 5.19. The molecule has 1 aromatic carbocycles. The minimum atomic E-state index is -4.34. The SMILES string of the molecule is O[C@H](CN1CC[C@H](Oc2ccccc2Cl)C1)CC(F)(F)F. The Labute approximate surface area is 126 Å². The molecule has 2 atom stereocenters. The van der Waals surface area contributed by atoms with E-state index in [2.05, 4.69) is 0 Å². The van der Waals surface area contributed by atoms with Crippen molar-refractivity contribution >= 4 is 11.6 Å². The van der Waals surface area contributed by atoms with E-state index in [4.69, 9.17) is 16.3 Å². The summed E-state index contributed by atoms with van der Waals surface area (Å²) in [4.78, 5) is 1.78. The van der Waals surface area contributed by atoms with Gasteiger partial charge in [-0.1, -0.05) is 23.7 Å². The monoisotopic (exact) mass is 323 g/mol. The predicted octanol–water partition coefficient (Wildman–Crippen LogP) is 3.11. The molecule has 3 nitrogen and oxygen atoms in total. The molecule has 0 radical (unpaired) electrons. The minimum absolute atomic E-state index is 0.00188. The van der Waals surface area contributed by atoms with E-state index in [1.165, 1.54) is 0 Å². The molecule has 1 heterocycles. The van der Waals surface area contributed by atoms with Crippen LogP contribution in [0.15, 0.2) is 24.3 Å². The lowest BCUT2D eigenvalue weighted by atomic mass is 10.2. The third-order valence-corrected chi connectivity index (χ3v) is 3.61. The Morgan fingerprint density at radius 3 is 2.76 bits per heavy atom. The Morgan fingerprint density at radius 1 is 1.38 bits per heavy atom. The maximum atomic E-state index is 12.2. The highest BCUT2D eigenvalue weighted by atomic mass is 35.5. The zero-order valence-corrected chi connectivity index (χ0v) is 12.1. The normalized spacial score (nSPS) is 21.5. The average molecular weight is 324 g/mol. The van der Waals surface area contributed by atoms with Crippen LogP contribution in [0.4, 0.5) is 13.2 Å². The Kier molecular flexibility index (Phi) is 5.35. The van der Waals surface area contributed by atoms with Gasteiger partial charge in [0.2, 0.25) is 0 Å². The van der Waals surface area contributed by atoms with Crippen LogP contribution in [0.2, 0.25) is 5.02 Å². The van der Waals surface area contributed by atoms with E-state index in [9.17, 15) is 18.3 Å². The Morgan fingerprint density at radius 2 is 2.10 bits per heavy atom.